The number of esters is 1. The predicted octanol–water partition coefficient (Wildman–Crippen LogP) is 2.16. The fourth-order valence-corrected chi connectivity index (χ4v) is 3.44. The number of para-hydroxylation sites is 1. The van der Waals surface area contributed by atoms with Gasteiger partial charge < -0.3 is 10.1 Å². The number of imide groups is 1. The van der Waals surface area contributed by atoms with Crippen LogP contribution in [0.3, 0.4) is 0 Å². The third-order valence-corrected chi connectivity index (χ3v) is 4.98. The second-order valence-electron chi connectivity index (χ2n) is 6.42. The molecule has 3 amide bonds. The van der Waals surface area contributed by atoms with Crippen molar-refractivity contribution in [1.82, 2.24) is 4.90 Å². The Hall–Kier alpha value is -2.67. The van der Waals surface area contributed by atoms with Crippen LogP contribution in [0.5, 0.6) is 0 Å². The van der Waals surface area contributed by atoms with Crippen molar-refractivity contribution < 1.29 is 23.9 Å². The molecule has 2 aliphatic rings. The van der Waals surface area contributed by atoms with Crippen LogP contribution in [0, 0.1) is 11.8 Å². The molecule has 1 saturated heterocycles. The van der Waals surface area contributed by atoms with Crippen LogP contribution in [0.2, 0.25) is 5.02 Å². The lowest BCUT2D eigenvalue weighted by Crippen LogP contribution is -2.33. The van der Waals surface area contributed by atoms with E-state index in [-0.39, 0.29) is 36.6 Å². The van der Waals surface area contributed by atoms with Crippen molar-refractivity contribution in [2.45, 2.75) is 19.3 Å². The van der Waals surface area contributed by atoms with Crippen LogP contribution in [0.15, 0.2) is 36.4 Å². The number of halogens is 1. The van der Waals surface area contributed by atoms with Crippen molar-refractivity contribution >= 4 is 41.0 Å². The Balaban J connectivity index is 1.43. The van der Waals surface area contributed by atoms with Gasteiger partial charge in [0.1, 0.15) is 0 Å². The van der Waals surface area contributed by atoms with Gasteiger partial charge in [-0.1, -0.05) is 35.9 Å². The zero-order valence-electron chi connectivity index (χ0n) is 14.5. The average molecular weight is 391 g/mol. The van der Waals surface area contributed by atoms with E-state index in [4.69, 9.17) is 16.3 Å². The van der Waals surface area contributed by atoms with Gasteiger partial charge in [-0.3, -0.25) is 24.1 Å². The Kier molecular flexibility index (Phi) is 5.91. The Morgan fingerprint density at radius 1 is 1.11 bits per heavy atom. The van der Waals surface area contributed by atoms with Gasteiger partial charge in [-0.2, -0.15) is 0 Å². The third kappa shape index (κ3) is 4.36. The van der Waals surface area contributed by atoms with E-state index >= 15 is 0 Å². The van der Waals surface area contributed by atoms with Crippen molar-refractivity contribution in [2.75, 3.05) is 18.5 Å². The molecule has 8 heteroatoms. The van der Waals surface area contributed by atoms with Gasteiger partial charge in [0.15, 0.2) is 6.61 Å². The highest BCUT2D eigenvalue weighted by Gasteiger charge is 2.46. The Morgan fingerprint density at radius 2 is 1.74 bits per heavy atom. The molecule has 1 aliphatic heterocycles. The van der Waals surface area contributed by atoms with Crippen molar-refractivity contribution in [1.29, 1.82) is 0 Å². The minimum Gasteiger partial charge on any atom is -0.456 e. The summed E-state index contributed by atoms with van der Waals surface area (Å²) in [5, 5.41) is 2.91. The van der Waals surface area contributed by atoms with E-state index in [1.54, 1.807) is 24.3 Å². The van der Waals surface area contributed by atoms with Crippen molar-refractivity contribution in [3.8, 4) is 0 Å². The molecular formula is C19H19ClN2O5. The number of anilines is 1. The number of carbonyl (C=O) groups is 4. The number of likely N-dealkylation sites (tertiary alicyclic amines) is 1. The highest BCUT2D eigenvalue weighted by atomic mass is 35.5. The number of ether oxygens (including phenoxy) is 1. The summed E-state index contributed by atoms with van der Waals surface area (Å²) >= 11 is 5.94. The van der Waals surface area contributed by atoms with Crippen LogP contribution in [0.25, 0.3) is 0 Å². The van der Waals surface area contributed by atoms with E-state index in [0.29, 0.717) is 23.6 Å². The summed E-state index contributed by atoms with van der Waals surface area (Å²) in [7, 11) is 0. The van der Waals surface area contributed by atoms with Gasteiger partial charge in [0.05, 0.1) is 29.0 Å². The summed E-state index contributed by atoms with van der Waals surface area (Å²) in [6.07, 6.45) is 4.77. The Bertz CT molecular complexity index is 781. The highest BCUT2D eigenvalue weighted by Crippen LogP contribution is 2.35. The zero-order valence-corrected chi connectivity index (χ0v) is 15.3. The molecule has 1 N–H and O–H groups in total. The van der Waals surface area contributed by atoms with Crippen molar-refractivity contribution in [3.63, 3.8) is 0 Å². The molecule has 1 aromatic rings. The van der Waals surface area contributed by atoms with E-state index < -0.39 is 18.5 Å². The zero-order chi connectivity index (χ0) is 19.4. The third-order valence-electron chi connectivity index (χ3n) is 4.65. The molecule has 0 radical (unpaired) electrons. The quantitative estimate of drug-likeness (QED) is 0.456. The van der Waals surface area contributed by atoms with Crippen LogP contribution < -0.4 is 5.32 Å². The van der Waals surface area contributed by atoms with Crippen molar-refractivity contribution in [3.05, 3.63) is 41.4 Å². The van der Waals surface area contributed by atoms with Crippen LogP contribution in [0.4, 0.5) is 5.69 Å². The van der Waals surface area contributed by atoms with Gasteiger partial charge in [0.25, 0.3) is 5.91 Å². The lowest BCUT2D eigenvalue weighted by atomic mass is 9.85. The maximum atomic E-state index is 12.3. The summed E-state index contributed by atoms with van der Waals surface area (Å²) < 4.78 is 4.91. The normalized spacial score (nSPS) is 21.1. The number of benzene rings is 1. The summed E-state index contributed by atoms with van der Waals surface area (Å²) in [5.74, 6) is -2.29. The minimum absolute atomic E-state index is 0.0321. The molecule has 0 spiro atoms. The smallest absolute Gasteiger partial charge is 0.308 e. The molecule has 1 aromatic carbocycles. The lowest BCUT2D eigenvalue weighted by Gasteiger charge is -2.14. The van der Waals surface area contributed by atoms with Gasteiger partial charge in [0.2, 0.25) is 11.8 Å². The number of fused-ring (bicyclic) bond motifs is 1. The largest absolute Gasteiger partial charge is 0.456 e. The molecule has 1 fully saturated rings. The van der Waals surface area contributed by atoms with Gasteiger partial charge in [-0.25, -0.2) is 0 Å². The molecule has 0 aromatic heterocycles. The second-order valence-corrected chi connectivity index (χ2v) is 6.83. The molecule has 142 valence electrons. The SMILES string of the molecule is O=C(COC(=O)CCN1C(=O)[C@H]2CC=CC[C@@H]2C1=O)Nc1ccccc1Cl. The highest BCUT2D eigenvalue weighted by molar-refractivity contribution is 6.33. The topological polar surface area (TPSA) is 92.8 Å². The Labute approximate surface area is 161 Å². The standard InChI is InChI=1S/C19H19ClN2O5/c20-14-7-3-4-8-15(14)21-16(23)11-27-17(24)9-10-22-18(25)12-5-1-2-6-13(12)19(22)26/h1-4,7-8,12-13H,5-6,9-11H2,(H,21,23)/t12-,13-/m0/s1. The minimum atomic E-state index is -0.655. The monoisotopic (exact) mass is 390 g/mol. The number of carbonyl (C=O) groups excluding carboxylic acids is 4. The number of rotatable bonds is 6. The number of amides is 3. The average Bonchev–Trinajstić information content (AvgIpc) is 2.91. The van der Waals surface area contributed by atoms with E-state index in [1.807, 2.05) is 12.2 Å². The van der Waals surface area contributed by atoms with E-state index in [9.17, 15) is 19.2 Å². The van der Waals surface area contributed by atoms with Gasteiger partial charge in [0, 0.05) is 6.54 Å². The van der Waals surface area contributed by atoms with E-state index in [1.165, 1.54) is 0 Å². The lowest BCUT2D eigenvalue weighted by molar-refractivity contribution is -0.148. The number of hydrogen-bond acceptors (Lipinski definition) is 5. The maximum Gasteiger partial charge on any atom is 0.308 e. The first-order chi connectivity index (χ1) is 13.0. The van der Waals surface area contributed by atoms with E-state index in [0.717, 1.165) is 4.90 Å². The molecule has 7 nitrogen and oxygen atoms in total. The van der Waals surface area contributed by atoms with Crippen LogP contribution in [-0.2, 0) is 23.9 Å². The first kappa shape index (κ1) is 19.1. The first-order valence-electron chi connectivity index (χ1n) is 8.67. The van der Waals surface area contributed by atoms with Gasteiger partial charge in [-0.15, -0.1) is 0 Å². The van der Waals surface area contributed by atoms with Crippen LogP contribution in [0.1, 0.15) is 19.3 Å². The number of nitrogens with zero attached hydrogens (tertiary/aromatic N) is 1. The molecular weight excluding hydrogens is 372 g/mol. The molecule has 1 aliphatic carbocycles. The van der Waals surface area contributed by atoms with Gasteiger partial charge in [-0.05, 0) is 25.0 Å². The van der Waals surface area contributed by atoms with Crippen molar-refractivity contribution in [2.24, 2.45) is 11.8 Å². The molecule has 0 unspecified atom stereocenters. The first-order valence-corrected chi connectivity index (χ1v) is 9.05. The number of nitrogens with one attached hydrogen (secondary N) is 1. The fraction of sp³-hybridized carbons (Fsp3) is 0.368. The van der Waals surface area contributed by atoms with Gasteiger partial charge >= 0.3 is 5.97 Å². The second kappa shape index (κ2) is 8.35. The molecule has 1 heterocycles. The van der Waals surface area contributed by atoms with Crippen LogP contribution in [-0.4, -0.2) is 41.7 Å². The molecule has 3 rings (SSSR count). The number of allylic oxidation sites excluding steroid dienone is 2. The summed E-state index contributed by atoms with van der Waals surface area (Å²) in [5.41, 5.74) is 0.421. The predicted molar refractivity (Wildman–Crippen MR) is 97.7 cm³/mol. The Morgan fingerprint density at radius 3 is 2.37 bits per heavy atom. The number of hydrogen-bond donors (Lipinski definition) is 1. The van der Waals surface area contributed by atoms with Crippen LogP contribution >= 0.6 is 11.6 Å². The molecule has 0 bridgehead atoms. The fourth-order valence-electron chi connectivity index (χ4n) is 3.26. The molecule has 27 heavy (non-hydrogen) atoms. The molecule has 0 saturated carbocycles. The maximum absolute atomic E-state index is 12.3. The summed E-state index contributed by atoms with van der Waals surface area (Å²) in [6.45, 7) is -0.503. The molecule has 2 atom stereocenters. The summed E-state index contributed by atoms with van der Waals surface area (Å²) in [4.78, 5) is 49.4. The summed E-state index contributed by atoms with van der Waals surface area (Å²) in [6, 6.07) is 6.69. The van der Waals surface area contributed by atoms with E-state index in [2.05, 4.69) is 5.32 Å².